The number of hydrogen-bond donors (Lipinski definition) is 2. The normalized spacial score (nSPS) is 12.4. The maximum Gasteiger partial charge on any atom is 0.305 e. The molecule has 0 unspecified atom stereocenters. The fourth-order valence-electron chi connectivity index (χ4n) is 3.05. The summed E-state index contributed by atoms with van der Waals surface area (Å²) in [5.74, 6) is -0.904. The van der Waals surface area contributed by atoms with Crippen LogP contribution in [0.2, 0.25) is 0 Å². The zero-order valence-electron chi connectivity index (χ0n) is 15.4. The summed E-state index contributed by atoms with van der Waals surface area (Å²) in [5.41, 5.74) is 0. The molecule has 0 saturated heterocycles. The van der Waals surface area contributed by atoms with Crippen LogP contribution in [-0.4, -0.2) is 22.3 Å². The van der Waals surface area contributed by atoms with Crippen molar-refractivity contribution in [1.29, 1.82) is 0 Å². The number of rotatable bonds is 18. The lowest BCUT2D eigenvalue weighted by Crippen LogP contribution is -2.12. The third kappa shape index (κ3) is 19.4. The van der Waals surface area contributed by atoms with Gasteiger partial charge >= 0.3 is 5.97 Å². The average Bonchev–Trinajstić information content (AvgIpc) is 2.50. The van der Waals surface area contributed by atoms with Crippen molar-refractivity contribution in [2.24, 2.45) is 0 Å². The van der Waals surface area contributed by atoms with Crippen LogP contribution < -0.4 is 0 Å². The highest BCUT2D eigenvalue weighted by Crippen LogP contribution is 2.14. The molecular weight excluding hydrogens is 288 g/mol. The maximum atomic E-state index is 10.4. The predicted molar refractivity (Wildman–Crippen MR) is 97.8 cm³/mol. The van der Waals surface area contributed by atoms with Crippen LogP contribution in [0.15, 0.2) is 0 Å². The molecule has 0 aromatic rings. The fraction of sp³-hybridized carbons (Fsp3) is 0.950. The first-order valence-corrected chi connectivity index (χ1v) is 10.1. The van der Waals surface area contributed by atoms with E-state index in [2.05, 4.69) is 6.92 Å². The van der Waals surface area contributed by atoms with E-state index in [1.54, 1.807) is 0 Å². The van der Waals surface area contributed by atoms with Gasteiger partial charge in [0.25, 0.3) is 0 Å². The highest BCUT2D eigenvalue weighted by molar-refractivity contribution is 5.67. The lowest BCUT2D eigenvalue weighted by atomic mass is 10.0. The van der Waals surface area contributed by atoms with Gasteiger partial charge < -0.3 is 10.2 Å². The smallest absolute Gasteiger partial charge is 0.305 e. The van der Waals surface area contributed by atoms with Crippen LogP contribution in [0.1, 0.15) is 116 Å². The second-order valence-electron chi connectivity index (χ2n) is 6.99. The number of carboxylic acid groups (broad SMARTS) is 1. The molecule has 0 rings (SSSR count). The van der Waals surface area contributed by atoms with Gasteiger partial charge in [-0.05, 0) is 6.42 Å². The van der Waals surface area contributed by atoms with E-state index in [-0.39, 0.29) is 6.42 Å². The quantitative estimate of drug-likeness (QED) is 0.300. The monoisotopic (exact) mass is 328 g/mol. The largest absolute Gasteiger partial charge is 0.481 e. The lowest BCUT2D eigenvalue weighted by molar-refractivity contribution is -0.139. The van der Waals surface area contributed by atoms with Crippen molar-refractivity contribution < 1.29 is 15.0 Å². The van der Waals surface area contributed by atoms with Gasteiger partial charge in [0.15, 0.2) is 0 Å². The molecular formula is C20H40O3. The van der Waals surface area contributed by atoms with Crippen LogP contribution in [0, 0.1) is 0 Å². The molecule has 1 atom stereocenters. The molecule has 0 saturated carbocycles. The topological polar surface area (TPSA) is 57.5 Å². The highest BCUT2D eigenvalue weighted by Gasteiger charge is 2.08. The Kier molecular flexibility index (Phi) is 17.3. The van der Waals surface area contributed by atoms with Crippen LogP contribution in [0.4, 0.5) is 0 Å². The van der Waals surface area contributed by atoms with Crippen molar-refractivity contribution in [2.45, 2.75) is 122 Å². The molecule has 0 radical (unpaired) electrons. The fourth-order valence-corrected chi connectivity index (χ4v) is 3.05. The minimum Gasteiger partial charge on any atom is -0.481 e. The minimum atomic E-state index is -0.904. The molecule has 0 fully saturated rings. The van der Waals surface area contributed by atoms with Gasteiger partial charge in [0, 0.05) is 0 Å². The summed E-state index contributed by atoms with van der Waals surface area (Å²) in [5, 5.41) is 18.0. The summed E-state index contributed by atoms with van der Waals surface area (Å²) in [6, 6.07) is 0. The summed E-state index contributed by atoms with van der Waals surface area (Å²) in [7, 11) is 0. The maximum absolute atomic E-state index is 10.4. The first-order valence-electron chi connectivity index (χ1n) is 10.1. The van der Waals surface area contributed by atoms with Crippen molar-refractivity contribution in [3.8, 4) is 0 Å². The van der Waals surface area contributed by atoms with Crippen LogP contribution in [0.3, 0.4) is 0 Å². The number of hydrogen-bond acceptors (Lipinski definition) is 2. The number of aliphatic hydroxyl groups is 1. The van der Waals surface area contributed by atoms with E-state index in [1.165, 1.54) is 83.5 Å². The zero-order valence-corrected chi connectivity index (χ0v) is 15.4. The van der Waals surface area contributed by atoms with Crippen molar-refractivity contribution in [1.82, 2.24) is 0 Å². The van der Waals surface area contributed by atoms with Crippen molar-refractivity contribution >= 4 is 5.97 Å². The molecule has 0 aliphatic carbocycles. The van der Waals surface area contributed by atoms with E-state index >= 15 is 0 Å². The Morgan fingerprint density at radius 3 is 1.39 bits per heavy atom. The van der Waals surface area contributed by atoms with Crippen LogP contribution in [0.25, 0.3) is 0 Å². The summed E-state index contributed by atoms with van der Waals surface area (Å²) in [6.45, 7) is 2.27. The van der Waals surface area contributed by atoms with Crippen LogP contribution >= 0.6 is 0 Å². The first kappa shape index (κ1) is 22.4. The van der Waals surface area contributed by atoms with Gasteiger partial charge in [-0.2, -0.15) is 0 Å². The van der Waals surface area contributed by atoms with Crippen molar-refractivity contribution in [3.05, 3.63) is 0 Å². The summed E-state index contributed by atoms with van der Waals surface area (Å²) >= 11 is 0. The van der Waals surface area contributed by atoms with E-state index in [0.717, 1.165) is 12.8 Å². The Bertz CT molecular complexity index is 253. The summed E-state index contributed by atoms with van der Waals surface area (Å²) in [4.78, 5) is 10.4. The highest BCUT2D eigenvalue weighted by atomic mass is 16.4. The number of unbranched alkanes of at least 4 members (excludes halogenated alkanes) is 14. The second-order valence-corrected chi connectivity index (χ2v) is 6.99. The first-order chi connectivity index (χ1) is 11.2. The third-order valence-corrected chi connectivity index (χ3v) is 4.55. The summed E-state index contributed by atoms with van der Waals surface area (Å²) < 4.78 is 0. The number of carbonyl (C=O) groups is 1. The standard InChI is InChI=1S/C20H40O3/c1-2-3-4-5-6-7-8-9-10-11-12-13-14-15-16-17-19(21)18-20(22)23/h19,21H,2-18H2,1H3,(H,22,23)/t19-/m1/s1. The van der Waals surface area contributed by atoms with Gasteiger partial charge in [-0.1, -0.05) is 103 Å². The van der Waals surface area contributed by atoms with E-state index in [0.29, 0.717) is 6.42 Å². The molecule has 0 spiro atoms. The Morgan fingerprint density at radius 2 is 1.04 bits per heavy atom. The molecule has 138 valence electrons. The Labute approximate surface area is 143 Å². The Hall–Kier alpha value is -0.570. The van der Waals surface area contributed by atoms with Crippen LogP contribution in [0.5, 0.6) is 0 Å². The van der Waals surface area contributed by atoms with E-state index in [4.69, 9.17) is 5.11 Å². The van der Waals surface area contributed by atoms with Gasteiger partial charge in [-0.15, -0.1) is 0 Å². The van der Waals surface area contributed by atoms with Gasteiger partial charge in [-0.25, -0.2) is 0 Å². The Balaban J connectivity index is 3.06. The van der Waals surface area contributed by atoms with Gasteiger partial charge in [-0.3, -0.25) is 4.79 Å². The van der Waals surface area contributed by atoms with Gasteiger partial charge in [0.05, 0.1) is 12.5 Å². The average molecular weight is 329 g/mol. The molecule has 0 aliphatic rings. The zero-order chi connectivity index (χ0) is 17.2. The van der Waals surface area contributed by atoms with E-state index in [9.17, 15) is 9.90 Å². The molecule has 0 aliphatic heterocycles. The predicted octanol–water partition coefficient (Wildman–Crippen LogP) is 6.08. The second kappa shape index (κ2) is 17.8. The third-order valence-electron chi connectivity index (χ3n) is 4.55. The number of aliphatic carboxylic acids is 1. The molecule has 0 amide bonds. The molecule has 3 heteroatoms. The van der Waals surface area contributed by atoms with E-state index in [1.807, 2.05) is 0 Å². The van der Waals surface area contributed by atoms with Gasteiger partial charge in [0.1, 0.15) is 0 Å². The van der Waals surface area contributed by atoms with Crippen LogP contribution in [-0.2, 0) is 4.79 Å². The molecule has 3 nitrogen and oxygen atoms in total. The van der Waals surface area contributed by atoms with Crippen molar-refractivity contribution in [3.63, 3.8) is 0 Å². The molecule has 0 heterocycles. The SMILES string of the molecule is CCCCCCCCCCCCCCCCC[C@@H](O)CC(=O)O. The molecule has 23 heavy (non-hydrogen) atoms. The molecule has 0 aromatic carbocycles. The minimum absolute atomic E-state index is 0.112. The molecule has 0 aromatic heterocycles. The van der Waals surface area contributed by atoms with Crippen molar-refractivity contribution in [2.75, 3.05) is 0 Å². The van der Waals surface area contributed by atoms with E-state index < -0.39 is 12.1 Å². The number of aliphatic hydroxyl groups excluding tert-OH is 1. The number of carboxylic acids is 1. The Morgan fingerprint density at radius 1 is 0.696 bits per heavy atom. The molecule has 0 bridgehead atoms. The summed E-state index contributed by atoms with van der Waals surface area (Å²) in [6.07, 6.45) is 19.7. The molecule has 2 N–H and O–H groups in total. The van der Waals surface area contributed by atoms with Gasteiger partial charge in [0.2, 0.25) is 0 Å². The lowest BCUT2D eigenvalue weighted by Gasteiger charge is -2.07.